The molecule has 0 unspecified atom stereocenters. The molecule has 1 aromatic rings. The molecule has 1 N–H and O–H groups in total. The molecule has 110 valence electrons. The van der Waals surface area contributed by atoms with Crippen LogP contribution in [0, 0.1) is 0 Å². The first-order valence-electron chi connectivity index (χ1n) is 7.51. The number of rotatable bonds is 4. The van der Waals surface area contributed by atoms with Crippen molar-refractivity contribution >= 4 is 0 Å². The molecule has 0 saturated carbocycles. The van der Waals surface area contributed by atoms with E-state index in [2.05, 4.69) is 4.90 Å². The first kappa shape index (κ1) is 13.9. The maximum absolute atomic E-state index is 10.2. The topological polar surface area (TPSA) is 41.9 Å². The lowest BCUT2D eigenvalue weighted by atomic mass is 9.87. The molecule has 1 aromatic carbocycles. The summed E-state index contributed by atoms with van der Waals surface area (Å²) in [5.74, 6) is 0.913. The zero-order valence-corrected chi connectivity index (χ0v) is 11.8. The minimum atomic E-state index is -0.314. The van der Waals surface area contributed by atoms with Crippen LogP contribution in [0.1, 0.15) is 19.3 Å². The molecule has 2 fully saturated rings. The third kappa shape index (κ3) is 2.97. The monoisotopic (exact) mass is 277 g/mol. The van der Waals surface area contributed by atoms with Gasteiger partial charge in [-0.3, -0.25) is 4.90 Å². The Morgan fingerprint density at radius 3 is 2.95 bits per heavy atom. The summed E-state index contributed by atoms with van der Waals surface area (Å²) in [7, 11) is 0. The molecule has 0 aromatic heterocycles. The van der Waals surface area contributed by atoms with Crippen molar-refractivity contribution in [3.8, 4) is 5.75 Å². The Hall–Kier alpha value is -1.10. The van der Waals surface area contributed by atoms with Gasteiger partial charge in [-0.1, -0.05) is 18.2 Å². The van der Waals surface area contributed by atoms with Crippen LogP contribution in [0.25, 0.3) is 0 Å². The van der Waals surface area contributed by atoms with E-state index >= 15 is 0 Å². The number of para-hydroxylation sites is 1. The maximum Gasteiger partial charge on any atom is 0.119 e. The van der Waals surface area contributed by atoms with Gasteiger partial charge in [0.05, 0.1) is 6.10 Å². The first-order valence-corrected chi connectivity index (χ1v) is 7.51. The van der Waals surface area contributed by atoms with Crippen molar-refractivity contribution in [2.24, 2.45) is 0 Å². The second-order valence-electron chi connectivity index (χ2n) is 5.76. The number of hydrogen-bond acceptors (Lipinski definition) is 4. The molecular formula is C16H23NO3. The Bertz CT molecular complexity index is 417. The van der Waals surface area contributed by atoms with Crippen LogP contribution >= 0.6 is 0 Å². The normalized spacial score (nSPS) is 30.8. The van der Waals surface area contributed by atoms with Gasteiger partial charge in [-0.2, -0.15) is 0 Å². The van der Waals surface area contributed by atoms with Gasteiger partial charge in [-0.15, -0.1) is 0 Å². The van der Waals surface area contributed by atoms with Crippen molar-refractivity contribution < 1.29 is 14.6 Å². The van der Waals surface area contributed by atoms with Gasteiger partial charge in [0.1, 0.15) is 18.0 Å². The molecule has 2 atom stereocenters. The van der Waals surface area contributed by atoms with Crippen molar-refractivity contribution in [1.82, 2.24) is 4.90 Å². The molecule has 2 aliphatic rings. The summed E-state index contributed by atoms with van der Waals surface area (Å²) in [5, 5.41) is 10.2. The molecule has 2 aliphatic heterocycles. The fourth-order valence-electron chi connectivity index (χ4n) is 3.24. The Morgan fingerprint density at radius 2 is 2.20 bits per heavy atom. The van der Waals surface area contributed by atoms with E-state index in [1.165, 1.54) is 0 Å². The Morgan fingerprint density at radius 1 is 1.35 bits per heavy atom. The van der Waals surface area contributed by atoms with Crippen LogP contribution in [0.3, 0.4) is 0 Å². The Kier molecular flexibility index (Phi) is 4.24. The predicted molar refractivity (Wildman–Crippen MR) is 76.9 cm³/mol. The third-order valence-electron chi connectivity index (χ3n) is 4.37. The second-order valence-corrected chi connectivity index (χ2v) is 5.76. The van der Waals surface area contributed by atoms with Gasteiger partial charge in [0, 0.05) is 26.2 Å². The third-order valence-corrected chi connectivity index (χ3v) is 4.37. The van der Waals surface area contributed by atoms with Gasteiger partial charge in [-0.25, -0.2) is 0 Å². The molecule has 3 rings (SSSR count). The van der Waals surface area contributed by atoms with Gasteiger partial charge in [0.15, 0.2) is 0 Å². The van der Waals surface area contributed by atoms with Crippen LogP contribution in [0.15, 0.2) is 30.3 Å². The van der Waals surface area contributed by atoms with Gasteiger partial charge < -0.3 is 14.6 Å². The van der Waals surface area contributed by atoms with E-state index in [1.807, 2.05) is 30.3 Å². The van der Waals surface area contributed by atoms with Crippen molar-refractivity contribution in [3.05, 3.63) is 30.3 Å². The highest BCUT2D eigenvalue weighted by atomic mass is 16.5. The standard InChI is InChI=1S/C16H23NO3/c18-15-7-9-17(13-16(15)8-4-11-20-16)10-12-19-14-5-2-1-3-6-14/h1-3,5-6,15,18H,4,7-13H2/t15-,16-/m0/s1. The summed E-state index contributed by atoms with van der Waals surface area (Å²) in [6, 6.07) is 9.89. The fourth-order valence-corrected chi connectivity index (χ4v) is 3.24. The molecule has 0 bridgehead atoms. The molecule has 20 heavy (non-hydrogen) atoms. The predicted octanol–water partition coefficient (Wildman–Crippen LogP) is 1.68. The number of likely N-dealkylation sites (tertiary alicyclic amines) is 1. The van der Waals surface area contributed by atoms with E-state index in [-0.39, 0.29) is 11.7 Å². The summed E-state index contributed by atoms with van der Waals surface area (Å²) < 4.78 is 11.6. The Labute approximate surface area is 120 Å². The van der Waals surface area contributed by atoms with Gasteiger partial charge >= 0.3 is 0 Å². The van der Waals surface area contributed by atoms with Crippen molar-refractivity contribution in [2.45, 2.75) is 31.0 Å². The van der Waals surface area contributed by atoms with E-state index in [9.17, 15) is 5.11 Å². The first-order chi connectivity index (χ1) is 9.78. The SMILES string of the molecule is O[C@H]1CCN(CCOc2ccccc2)C[C@@]12CCCO2. The molecule has 4 heteroatoms. The molecule has 0 aliphatic carbocycles. The summed E-state index contributed by atoms with van der Waals surface area (Å²) >= 11 is 0. The van der Waals surface area contributed by atoms with Crippen LogP contribution < -0.4 is 4.74 Å². The van der Waals surface area contributed by atoms with Crippen molar-refractivity contribution in [2.75, 3.05) is 32.8 Å². The summed E-state index contributed by atoms with van der Waals surface area (Å²) in [6.45, 7) is 4.09. The number of aliphatic hydroxyl groups is 1. The number of hydrogen-bond donors (Lipinski definition) is 1. The summed E-state index contributed by atoms with van der Waals surface area (Å²) in [6.07, 6.45) is 2.53. The van der Waals surface area contributed by atoms with Crippen molar-refractivity contribution in [3.63, 3.8) is 0 Å². The number of piperidine rings is 1. The molecule has 2 saturated heterocycles. The highest BCUT2D eigenvalue weighted by molar-refractivity contribution is 5.20. The fraction of sp³-hybridized carbons (Fsp3) is 0.625. The highest BCUT2D eigenvalue weighted by Crippen LogP contribution is 2.34. The van der Waals surface area contributed by atoms with Crippen LogP contribution in [-0.2, 0) is 4.74 Å². The van der Waals surface area contributed by atoms with Gasteiger partial charge in [0.25, 0.3) is 0 Å². The number of nitrogens with zero attached hydrogens (tertiary/aromatic N) is 1. The Balaban J connectivity index is 1.49. The molecule has 2 heterocycles. The van der Waals surface area contributed by atoms with Crippen LogP contribution in [0.2, 0.25) is 0 Å². The van der Waals surface area contributed by atoms with Crippen molar-refractivity contribution in [1.29, 1.82) is 0 Å². The quantitative estimate of drug-likeness (QED) is 0.909. The minimum absolute atomic E-state index is 0.309. The molecule has 4 nitrogen and oxygen atoms in total. The lowest BCUT2D eigenvalue weighted by molar-refractivity contribution is -0.131. The number of aliphatic hydroxyl groups excluding tert-OH is 1. The smallest absolute Gasteiger partial charge is 0.119 e. The van der Waals surface area contributed by atoms with E-state index in [0.29, 0.717) is 6.61 Å². The summed E-state index contributed by atoms with van der Waals surface area (Å²) in [4.78, 5) is 2.35. The molecule has 1 spiro atoms. The average Bonchev–Trinajstić information content (AvgIpc) is 2.94. The van der Waals surface area contributed by atoms with E-state index < -0.39 is 0 Å². The zero-order chi connectivity index (χ0) is 13.8. The van der Waals surface area contributed by atoms with Gasteiger partial charge in [-0.05, 0) is 31.4 Å². The zero-order valence-electron chi connectivity index (χ0n) is 11.8. The van der Waals surface area contributed by atoms with Gasteiger partial charge in [0.2, 0.25) is 0 Å². The average molecular weight is 277 g/mol. The molecule has 0 amide bonds. The van der Waals surface area contributed by atoms with E-state index in [1.54, 1.807) is 0 Å². The number of ether oxygens (including phenoxy) is 2. The van der Waals surface area contributed by atoms with Crippen LogP contribution in [-0.4, -0.2) is 54.6 Å². The molecular weight excluding hydrogens is 254 g/mol. The van der Waals surface area contributed by atoms with E-state index in [4.69, 9.17) is 9.47 Å². The minimum Gasteiger partial charge on any atom is -0.492 e. The lowest BCUT2D eigenvalue weighted by Gasteiger charge is -2.43. The number of benzene rings is 1. The second kappa shape index (κ2) is 6.12. The molecule has 0 radical (unpaired) electrons. The largest absolute Gasteiger partial charge is 0.492 e. The summed E-state index contributed by atoms with van der Waals surface area (Å²) in [5.41, 5.74) is -0.314. The van der Waals surface area contributed by atoms with Crippen LogP contribution in [0.4, 0.5) is 0 Å². The maximum atomic E-state index is 10.2. The van der Waals surface area contributed by atoms with Crippen LogP contribution in [0.5, 0.6) is 5.75 Å². The lowest BCUT2D eigenvalue weighted by Crippen LogP contribution is -2.57. The van der Waals surface area contributed by atoms with E-state index in [0.717, 1.165) is 51.3 Å². The highest BCUT2D eigenvalue weighted by Gasteiger charge is 2.45.